The Bertz CT molecular complexity index is 978. The molecule has 3 nitrogen and oxygen atoms in total. The molecule has 0 aliphatic rings. The van der Waals surface area contributed by atoms with Gasteiger partial charge in [0.25, 0.3) is 0 Å². The molecule has 4 heteroatoms. The Balaban J connectivity index is 1.42. The molecule has 0 bridgehead atoms. The smallest absolute Gasteiger partial charge is 0.188 e. The average molecular weight is 346 g/mol. The van der Waals surface area contributed by atoms with Crippen molar-refractivity contribution in [3.63, 3.8) is 0 Å². The number of hydrogen-bond acceptors (Lipinski definition) is 4. The number of nitrogens with zero attached hydrogens (tertiary/aromatic N) is 1. The highest BCUT2D eigenvalue weighted by molar-refractivity contribution is 7.22. The molecular weight excluding hydrogens is 328 g/mol. The fourth-order valence-electron chi connectivity index (χ4n) is 2.58. The maximum absolute atomic E-state index is 5.82. The van der Waals surface area contributed by atoms with Crippen LogP contribution < -0.4 is 10.1 Å². The van der Waals surface area contributed by atoms with Crippen LogP contribution in [0, 0.1) is 6.92 Å². The Hall–Kier alpha value is -2.85. The number of benzene rings is 3. The molecule has 4 rings (SSSR count). The number of ether oxygens (including phenoxy) is 1. The van der Waals surface area contributed by atoms with Crippen molar-refractivity contribution >= 4 is 32.4 Å². The topological polar surface area (TPSA) is 34.2 Å². The number of aryl methyl sites for hydroxylation is 1. The summed E-state index contributed by atoms with van der Waals surface area (Å²) in [4.78, 5) is 4.62. The zero-order chi connectivity index (χ0) is 17.1. The lowest BCUT2D eigenvalue weighted by Crippen LogP contribution is -1.95. The molecule has 1 heterocycles. The molecule has 0 spiro atoms. The van der Waals surface area contributed by atoms with Gasteiger partial charge in [-0.3, -0.25) is 0 Å². The molecule has 4 aromatic rings. The summed E-state index contributed by atoms with van der Waals surface area (Å²) in [5.41, 5.74) is 4.45. The van der Waals surface area contributed by atoms with Gasteiger partial charge in [0.1, 0.15) is 12.4 Å². The van der Waals surface area contributed by atoms with E-state index < -0.39 is 0 Å². The van der Waals surface area contributed by atoms with Crippen molar-refractivity contribution in [1.29, 1.82) is 0 Å². The van der Waals surface area contributed by atoms with Crippen LogP contribution in [-0.4, -0.2) is 4.98 Å². The van der Waals surface area contributed by atoms with Crippen LogP contribution in [0.5, 0.6) is 5.75 Å². The molecule has 1 N–H and O–H groups in total. The molecule has 0 radical (unpaired) electrons. The minimum absolute atomic E-state index is 0.574. The van der Waals surface area contributed by atoms with Crippen molar-refractivity contribution in [2.75, 3.05) is 5.32 Å². The first-order chi connectivity index (χ1) is 12.3. The number of thiazole rings is 1. The van der Waals surface area contributed by atoms with E-state index in [4.69, 9.17) is 4.74 Å². The van der Waals surface area contributed by atoms with Crippen molar-refractivity contribution in [3.05, 3.63) is 83.9 Å². The molecule has 0 amide bonds. The van der Waals surface area contributed by atoms with Crippen LogP contribution >= 0.6 is 11.3 Å². The zero-order valence-electron chi connectivity index (χ0n) is 13.9. The van der Waals surface area contributed by atoms with Gasteiger partial charge in [-0.1, -0.05) is 47.7 Å². The number of fused-ring (bicyclic) bond motifs is 1. The number of rotatable bonds is 5. The molecule has 0 aliphatic carbocycles. The SMILES string of the molecule is Cc1ccc2nc(Nc3ccc(OCc4ccccc4)cc3)sc2c1. The van der Waals surface area contributed by atoms with Crippen molar-refractivity contribution in [2.45, 2.75) is 13.5 Å². The highest BCUT2D eigenvalue weighted by atomic mass is 32.1. The maximum Gasteiger partial charge on any atom is 0.188 e. The fourth-order valence-corrected chi connectivity index (χ4v) is 3.57. The first-order valence-corrected chi connectivity index (χ1v) is 8.99. The Morgan fingerprint density at radius 3 is 2.56 bits per heavy atom. The van der Waals surface area contributed by atoms with Crippen LogP contribution in [0.4, 0.5) is 10.8 Å². The van der Waals surface area contributed by atoms with Gasteiger partial charge in [0.2, 0.25) is 0 Å². The van der Waals surface area contributed by atoms with E-state index in [0.29, 0.717) is 6.61 Å². The third kappa shape index (κ3) is 3.80. The number of hydrogen-bond donors (Lipinski definition) is 1. The van der Waals surface area contributed by atoms with Gasteiger partial charge in [0.05, 0.1) is 10.2 Å². The minimum Gasteiger partial charge on any atom is -0.489 e. The van der Waals surface area contributed by atoms with Crippen molar-refractivity contribution in [3.8, 4) is 5.75 Å². The van der Waals surface area contributed by atoms with E-state index in [9.17, 15) is 0 Å². The van der Waals surface area contributed by atoms with Crippen LogP contribution in [0.1, 0.15) is 11.1 Å². The predicted molar refractivity (Wildman–Crippen MR) is 105 cm³/mol. The molecule has 0 saturated heterocycles. The lowest BCUT2D eigenvalue weighted by molar-refractivity contribution is 0.306. The molecule has 0 aliphatic heterocycles. The lowest BCUT2D eigenvalue weighted by Gasteiger charge is -2.07. The number of anilines is 2. The second kappa shape index (κ2) is 6.95. The van der Waals surface area contributed by atoms with Crippen molar-refractivity contribution < 1.29 is 4.74 Å². The summed E-state index contributed by atoms with van der Waals surface area (Å²) < 4.78 is 7.02. The Kier molecular flexibility index (Phi) is 4.36. The second-order valence-electron chi connectivity index (χ2n) is 5.91. The maximum atomic E-state index is 5.82. The Morgan fingerprint density at radius 2 is 1.76 bits per heavy atom. The largest absolute Gasteiger partial charge is 0.489 e. The van der Waals surface area contributed by atoms with Gasteiger partial charge >= 0.3 is 0 Å². The van der Waals surface area contributed by atoms with Gasteiger partial charge in [0.15, 0.2) is 5.13 Å². The van der Waals surface area contributed by atoms with E-state index in [1.165, 1.54) is 10.3 Å². The van der Waals surface area contributed by atoms with E-state index in [1.807, 2.05) is 42.5 Å². The van der Waals surface area contributed by atoms with Gasteiger partial charge in [-0.25, -0.2) is 4.98 Å². The summed E-state index contributed by atoms with van der Waals surface area (Å²) in [6.45, 7) is 2.67. The van der Waals surface area contributed by atoms with E-state index in [2.05, 4.69) is 47.6 Å². The third-order valence-corrected chi connectivity index (χ3v) is 4.83. The zero-order valence-corrected chi connectivity index (χ0v) is 14.7. The van der Waals surface area contributed by atoms with E-state index >= 15 is 0 Å². The standard InChI is InChI=1S/C21H18N2OS/c1-15-7-12-19-20(13-15)25-21(23-19)22-17-8-10-18(11-9-17)24-14-16-5-3-2-4-6-16/h2-13H,14H2,1H3,(H,22,23). The average Bonchev–Trinajstić information content (AvgIpc) is 3.03. The Morgan fingerprint density at radius 1 is 0.960 bits per heavy atom. The number of nitrogens with one attached hydrogen (secondary N) is 1. The first kappa shape index (κ1) is 15.7. The van der Waals surface area contributed by atoms with Gasteiger partial charge in [0, 0.05) is 5.69 Å². The van der Waals surface area contributed by atoms with Crippen LogP contribution in [-0.2, 0) is 6.61 Å². The van der Waals surface area contributed by atoms with E-state index in [1.54, 1.807) is 11.3 Å². The van der Waals surface area contributed by atoms with Crippen molar-refractivity contribution in [2.24, 2.45) is 0 Å². The first-order valence-electron chi connectivity index (χ1n) is 8.17. The van der Waals surface area contributed by atoms with Gasteiger partial charge in [-0.15, -0.1) is 0 Å². The molecule has 1 aromatic heterocycles. The van der Waals surface area contributed by atoms with Gasteiger partial charge < -0.3 is 10.1 Å². The van der Waals surface area contributed by atoms with Crippen LogP contribution in [0.25, 0.3) is 10.2 Å². The molecular formula is C21H18N2OS. The molecule has 25 heavy (non-hydrogen) atoms. The summed E-state index contributed by atoms with van der Waals surface area (Å²) in [6.07, 6.45) is 0. The quantitative estimate of drug-likeness (QED) is 0.486. The van der Waals surface area contributed by atoms with Crippen molar-refractivity contribution in [1.82, 2.24) is 4.98 Å². The molecule has 0 unspecified atom stereocenters. The van der Waals surface area contributed by atoms with Crippen LogP contribution in [0.2, 0.25) is 0 Å². The van der Waals surface area contributed by atoms with Crippen LogP contribution in [0.3, 0.4) is 0 Å². The molecule has 0 fully saturated rings. The minimum atomic E-state index is 0.574. The molecule has 3 aromatic carbocycles. The van der Waals surface area contributed by atoms with Crippen LogP contribution in [0.15, 0.2) is 72.8 Å². The summed E-state index contributed by atoms with van der Waals surface area (Å²) in [6, 6.07) is 24.5. The van der Waals surface area contributed by atoms with Gasteiger partial charge in [-0.2, -0.15) is 0 Å². The highest BCUT2D eigenvalue weighted by Crippen LogP contribution is 2.29. The molecule has 124 valence electrons. The normalized spacial score (nSPS) is 10.8. The summed E-state index contributed by atoms with van der Waals surface area (Å²) in [5, 5.41) is 4.27. The lowest BCUT2D eigenvalue weighted by atomic mass is 10.2. The second-order valence-corrected chi connectivity index (χ2v) is 6.94. The Labute approximate surface area is 150 Å². The number of aromatic nitrogens is 1. The summed E-state index contributed by atoms with van der Waals surface area (Å²) >= 11 is 1.66. The fraction of sp³-hybridized carbons (Fsp3) is 0.0952. The van der Waals surface area contributed by atoms with Gasteiger partial charge in [-0.05, 0) is 54.4 Å². The molecule has 0 saturated carbocycles. The molecule has 0 atom stereocenters. The third-order valence-electron chi connectivity index (χ3n) is 3.90. The van der Waals surface area contributed by atoms with E-state index in [0.717, 1.165) is 27.6 Å². The highest BCUT2D eigenvalue weighted by Gasteiger charge is 2.04. The summed E-state index contributed by atoms with van der Waals surface area (Å²) in [5.74, 6) is 0.856. The monoisotopic (exact) mass is 346 g/mol. The predicted octanol–water partition coefficient (Wildman–Crippen LogP) is 5.93. The van der Waals surface area contributed by atoms with E-state index in [-0.39, 0.29) is 0 Å². The summed E-state index contributed by atoms with van der Waals surface area (Å²) in [7, 11) is 0.